The Kier molecular flexibility index (Phi) is 5.38. The molecule has 0 radical (unpaired) electrons. The summed E-state index contributed by atoms with van der Waals surface area (Å²) in [6, 6.07) is 0.962. The Balaban J connectivity index is 2.22. The van der Waals surface area contributed by atoms with E-state index in [0.717, 1.165) is 18.9 Å². The van der Waals surface area contributed by atoms with Gasteiger partial charge < -0.3 is 15.0 Å². The van der Waals surface area contributed by atoms with Gasteiger partial charge in [0.05, 0.1) is 6.61 Å². The Morgan fingerprint density at radius 2 is 1.95 bits per heavy atom. The number of anilines is 2. The molecule has 6 nitrogen and oxygen atoms in total. The van der Waals surface area contributed by atoms with Gasteiger partial charge in [-0.3, -0.25) is 0 Å². The zero-order chi connectivity index (χ0) is 14.4. The Labute approximate surface area is 121 Å². The van der Waals surface area contributed by atoms with Gasteiger partial charge in [0, 0.05) is 19.6 Å². The third-order valence-corrected chi connectivity index (χ3v) is 3.63. The summed E-state index contributed by atoms with van der Waals surface area (Å²) in [5.74, 6) is 1.29. The van der Waals surface area contributed by atoms with Gasteiger partial charge in [0.15, 0.2) is 0 Å². The molecule has 1 heterocycles. The van der Waals surface area contributed by atoms with Gasteiger partial charge in [-0.25, -0.2) is 0 Å². The average molecular weight is 279 g/mol. The van der Waals surface area contributed by atoms with Crippen LogP contribution in [0.15, 0.2) is 0 Å². The van der Waals surface area contributed by atoms with E-state index in [1.54, 1.807) is 0 Å². The molecule has 0 amide bonds. The molecule has 1 aliphatic carbocycles. The molecule has 1 aromatic rings. The topological polar surface area (TPSA) is 63.2 Å². The van der Waals surface area contributed by atoms with Crippen molar-refractivity contribution in [3.63, 3.8) is 0 Å². The smallest absolute Gasteiger partial charge is 0.323 e. The van der Waals surface area contributed by atoms with Crippen LogP contribution in [0.3, 0.4) is 0 Å². The summed E-state index contributed by atoms with van der Waals surface area (Å²) in [7, 11) is 1.81. The predicted molar refractivity (Wildman–Crippen MR) is 80.4 cm³/mol. The second-order valence-corrected chi connectivity index (χ2v) is 5.06. The summed E-state index contributed by atoms with van der Waals surface area (Å²) < 4.78 is 5.57. The minimum absolute atomic E-state index is 0.414. The fourth-order valence-electron chi connectivity index (χ4n) is 2.62. The summed E-state index contributed by atoms with van der Waals surface area (Å²) in [5, 5.41) is 2.98. The molecule has 1 N–H and O–H groups in total. The van der Waals surface area contributed by atoms with Crippen LogP contribution < -0.4 is 15.0 Å². The molecule has 0 atom stereocenters. The number of nitrogens with zero attached hydrogens (tertiary/aromatic N) is 4. The van der Waals surface area contributed by atoms with Crippen LogP contribution in [0.25, 0.3) is 0 Å². The Morgan fingerprint density at radius 1 is 1.20 bits per heavy atom. The molecule has 0 saturated heterocycles. The SMILES string of the molecule is CCCOc1nc(NC)nc(N(CC)C2CCCC2)n1. The van der Waals surface area contributed by atoms with Crippen LogP contribution in [0, 0.1) is 0 Å². The highest BCUT2D eigenvalue weighted by Crippen LogP contribution is 2.27. The number of nitrogens with one attached hydrogen (secondary N) is 1. The molecule has 112 valence electrons. The molecule has 1 aromatic heterocycles. The predicted octanol–water partition coefficient (Wildman–Crippen LogP) is 2.47. The largest absolute Gasteiger partial charge is 0.463 e. The lowest BCUT2D eigenvalue weighted by Crippen LogP contribution is -2.34. The van der Waals surface area contributed by atoms with Crippen LogP contribution in [-0.4, -0.2) is 41.2 Å². The first kappa shape index (κ1) is 14.8. The van der Waals surface area contributed by atoms with Gasteiger partial charge in [-0.1, -0.05) is 19.8 Å². The monoisotopic (exact) mass is 279 g/mol. The third-order valence-electron chi connectivity index (χ3n) is 3.63. The van der Waals surface area contributed by atoms with Crippen molar-refractivity contribution in [2.45, 2.75) is 52.0 Å². The zero-order valence-electron chi connectivity index (χ0n) is 12.7. The van der Waals surface area contributed by atoms with E-state index < -0.39 is 0 Å². The van der Waals surface area contributed by atoms with Crippen LogP contribution in [0.5, 0.6) is 6.01 Å². The Morgan fingerprint density at radius 3 is 2.55 bits per heavy atom. The van der Waals surface area contributed by atoms with Gasteiger partial charge in [0.2, 0.25) is 11.9 Å². The van der Waals surface area contributed by atoms with E-state index in [2.05, 4.69) is 39.0 Å². The summed E-state index contributed by atoms with van der Waals surface area (Å²) in [5.41, 5.74) is 0. The van der Waals surface area contributed by atoms with Crippen molar-refractivity contribution >= 4 is 11.9 Å². The molecule has 1 fully saturated rings. The summed E-state index contributed by atoms with van der Waals surface area (Å²) in [6.07, 6.45) is 5.98. The van der Waals surface area contributed by atoms with E-state index in [1.807, 2.05) is 7.05 Å². The first-order chi connectivity index (χ1) is 9.78. The second kappa shape index (κ2) is 7.26. The minimum Gasteiger partial charge on any atom is -0.463 e. The molecular formula is C14H25N5O. The molecule has 20 heavy (non-hydrogen) atoms. The molecule has 2 rings (SSSR count). The van der Waals surface area contributed by atoms with Crippen molar-refractivity contribution in [2.24, 2.45) is 0 Å². The Bertz CT molecular complexity index is 420. The van der Waals surface area contributed by atoms with E-state index in [0.29, 0.717) is 24.6 Å². The van der Waals surface area contributed by atoms with Crippen LogP contribution in [0.1, 0.15) is 46.0 Å². The maximum Gasteiger partial charge on any atom is 0.323 e. The normalized spacial score (nSPS) is 15.3. The maximum atomic E-state index is 5.57. The highest BCUT2D eigenvalue weighted by Gasteiger charge is 2.24. The second-order valence-electron chi connectivity index (χ2n) is 5.06. The summed E-state index contributed by atoms with van der Waals surface area (Å²) in [4.78, 5) is 15.5. The van der Waals surface area contributed by atoms with Crippen LogP contribution in [-0.2, 0) is 0 Å². The number of aromatic nitrogens is 3. The van der Waals surface area contributed by atoms with Crippen molar-refractivity contribution in [3.05, 3.63) is 0 Å². The average Bonchev–Trinajstić information content (AvgIpc) is 2.99. The number of hydrogen-bond donors (Lipinski definition) is 1. The van der Waals surface area contributed by atoms with E-state index in [1.165, 1.54) is 25.7 Å². The first-order valence-corrected chi connectivity index (χ1v) is 7.61. The van der Waals surface area contributed by atoms with Gasteiger partial charge in [-0.2, -0.15) is 15.0 Å². The van der Waals surface area contributed by atoms with Crippen molar-refractivity contribution in [3.8, 4) is 6.01 Å². The van der Waals surface area contributed by atoms with Gasteiger partial charge >= 0.3 is 6.01 Å². The van der Waals surface area contributed by atoms with Crippen molar-refractivity contribution < 1.29 is 4.74 Å². The molecule has 0 unspecified atom stereocenters. The molecule has 0 bridgehead atoms. The fraction of sp³-hybridized carbons (Fsp3) is 0.786. The lowest BCUT2D eigenvalue weighted by molar-refractivity contribution is 0.291. The highest BCUT2D eigenvalue weighted by atomic mass is 16.5. The first-order valence-electron chi connectivity index (χ1n) is 7.61. The minimum atomic E-state index is 0.414. The lowest BCUT2D eigenvalue weighted by Gasteiger charge is -2.27. The molecule has 1 saturated carbocycles. The van der Waals surface area contributed by atoms with E-state index in [-0.39, 0.29) is 0 Å². The highest BCUT2D eigenvalue weighted by molar-refractivity contribution is 5.39. The van der Waals surface area contributed by atoms with Crippen LogP contribution in [0.2, 0.25) is 0 Å². The number of ether oxygens (including phenoxy) is 1. The maximum absolute atomic E-state index is 5.57. The molecule has 1 aliphatic rings. The number of hydrogen-bond acceptors (Lipinski definition) is 6. The molecule has 0 aliphatic heterocycles. The fourth-order valence-corrected chi connectivity index (χ4v) is 2.62. The van der Waals surface area contributed by atoms with Crippen molar-refractivity contribution in [1.82, 2.24) is 15.0 Å². The van der Waals surface area contributed by atoms with Gasteiger partial charge in [-0.15, -0.1) is 0 Å². The van der Waals surface area contributed by atoms with Crippen molar-refractivity contribution in [1.29, 1.82) is 0 Å². The number of rotatable bonds is 7. The third kappa shape index (κ3) is 3.49. The van der Waals surface area contributed by atoms with Crippen molar-refractivity contribution in [2.75, 3.05) is 30.4 Å². The lowest BCUT2D eigenvalue weighted by atomic mass is 10.2. The van der Waals surface area contributed by atoms with Crippen LogP contribution in [0.4, 0.5) is 11.9 Å². The quantitative estimate of drug-likeness (QED) is 0.827. The van der Waals surface area contributed by atoms with E-state index >= 15 is 0 Å². The van der Waals surface area contributed by atoms with Gasteiger partial charge in [-0.05, 0) is 26.2 Å². The Hall–Kier alpha value is -1.59. The van der Waals surface area contributed by atoms with Crippen LogP contribution >= 0.6 is 0 Å². The summed E-state index contributed by atoms with van der Waals surface area (Å²) >= 11 is 0. The summed E-state index contributed by atoms with van der Waals surface area (Å²) in [6.45, 7) is 5.75. The van der Waals surface area contributed by atoms with Gasteiger partial charge in [0.1, 0.15) is 0 Å². The molecule has 0 spiro atoms. The molecule has 0 aromatic carbocycles. The molecule has 6 heteroatoms. The molecular weight excluding hydrogens is 254 g/mol. The van der Waals surface area contributed by atoms with Gasteiger partial charge in [0.25, 0.3) is 0 Å². The standard InChI is InChI=1S/C14H25N5O/c1-4-10-20-14-17-12(15-3)16-13(18-14)19(5-2)11-8-6-7-9-11/h11H,4-10H2,1-3H3,(H,15,16,17,18). The van der Waals surface area contributed by atoms with E-state index in [9.17, 15) is 0 Å². The van der Waals surface area contributed by atoms with E-state index in [4.69, 9.17) is 4.74 Å². The zero-order valence-corrected chi connectivity index (χ0v) is 12.7.